The normalized spacial score (nSPS) is 14.5. The van der Waals surface area contributed by atoms with E-state index in [9.17, 15) is 9.90 Å². The zero-order chi connectivity index (χ0) is 15.9. The number of aryl methyl sites for hydroxylation is 1. The molecule has 112 valence electrons. The zero-order valence-corrected chi connectivity index (χ0v) is 13.1. The van der Waals surface area contributed by atoms with Crippen LogP contribution in [0.25, 0.3) is 11.6 Å². The van der Waals surface area contributed by atoms with E-state index in [1.807, 2.05) is 18.2 Å². The van der Waals surface area contributed by atoms with Crippen molar-refractivity contribution in [3.8, 4) is 5.88 Å². The van der Waals surface area contributed by atoms with Gasteiger partial charge in [0.15, 0.2) is 4.77 Å². The van der Waals surface area contributed by atoms with E-state index in [2.05, 4.69) is 16.9 Å². The minimum Gasteiger partial charge on any atom is -0.494 e. The van der Waals surface area contributed by atoms with Gasteiger partial charge in [-0.25, -0.2) is 0 Å². The number of aromatic amines is 1. The average Bonchev–Trinajstić information content (AvgIpc) is 2.92. The molecule has 1 aliphatic rings. The molecule has 0 radical (unpaired) electrons. The van der Waals surface area contributed by atoms with Gasteiger partial charge in [-0.3, -0.25) is 19.3 Å². The lowest BCUT2D eigenvalue weighted by Gasteiger charge is -2.07. The van der Waals surface area contributed by atoms with Gasteiger partial charge >= 0.3 is 0 Å². The molecule has 1 aromatic heterocycles. The number of aromatic nitrogens is 2. The number of benzene rings is 1. The highest BCUT2D eigenvalue weighted by molar-refractivity contribution is 7.71. The first-order valence-electron chi connectivity index (χ1n) is 6.93. The van der Waals surface area contributed by atoms with Gasteiger partial charge in [-0.1, -0.05) is 25.1 Å². The topological polar surface area (TPSA) is 70.4 Å². The number of aliphatic imine (C=N–C) groups is 1. The highest BCUT2D eigenvalue weighted by Crippen LogP contribution is 2.36. The molecule has 0 aliphatic carbocycles. The van der Waals surface area contributed by atoms with E-state index < -0.39 is 5.56 Å². The third-order valence-corrected chi connectivity index (χ3v) is 4.15. The number of allylic oxidation sites excluding steroid dienone is 1. The second-order valence-electron chi connectivity index (χ2n) is 5.08. The molecule has 2 N–H and O–H groups in total. The molecule has 2 aromatic rings. The number of nitrogens with one attached hydrogen (secondary N) is 1. The molecule has 0 atom stereocenters. The number of H-pyrrole nitrogens is 1. The van der Waals surface area contributed by atoms with Crippen LogP contribution < -0.4 is 5.56 Å². The molecule has 1 aliphatic heterocycles. The molecule has 6 heteroatoms. The molecule has 1 aromatic carbocycles. The van der Waals surface area contributed by atoms with Gasteiger partial charge in [0.2, 0.25) is 5.88 Å². The second kappa shape index (κ2) is 5.38. The maximum absolute atomic E-state index is 12.1. The van der Waals surface area contributed by atoms with Gasteiger partial charge in [0, 0.05) is 24.4 Å². The molecule has 0 unspecified atom stereocenters. The van der Waals surface area contributed by atoms with Crippen molar-refractivity contribution in [3.05, 3.63) is 50.0 Å². The quantitative estimate of drug-likeness (QED) is 0.837. The molecule has 0 saturated heterocycles. The summed E-state index contributed by atoms with van der Waals surface area (Å²) in [5, 5.41) is 10.2. The van der Waals surface area contributed by atoms with Crippen molar-refractivity contribution in [1.29, 1.82) is 0 Å². The Hall–Kier alpha value is -2.47. The lowest BCUT2D eigenvalue weighted by atomic mass is 10.0. The fourth-order valence-electron chi connectivity index (χ4n) is 2.49. The Bertz CT molecular complexity index is 935. The highest BCUT2D eigenvalue weighted by Gasteiger charge is 2.17. The molecule has 0 amide bonds. The first kappa shape index (κ1) is 14.5. The predicted octanol–water partition coefficient (Wildman–Crippen LogP) is 2.97. The van der Waals surface area contributed by atoms with Crippen molar-refractivity contribution in [3.63, 3.8) is 0 Å². The summed E-state index contributed by atoms with van der Waals surface area (Å²) in [6, 6.07) is 5.96. The van der Waals surface area contributed by atoms with Gasteiger partial charge in [-0.2, -0.15) is 0 Å². The summed E-state index contributed by atoms with van der Waals surface area (Å²) in [5.41, 5.74) is 3.60. The average molecular weight is 313 g/mol. The summed E-state index contributed by atoms with van der Waals surface area (Å²) >= 11 is 4.97. The van der Waals surface area contributed by atoms with Crippen molar-refractivity contribution in [1.82, 2.24) is 9.55 Å². The van der Waals surface area contributed by atoms with Crippen LogP contribution in [0.1, 0.15) is 23.6 Å². The number of nitrogens with zero attached hydrogens (tertiary/aromatic N) is 2. The van der Waals surface area contributed by atoms with Crippen molar-refractivity contribution in [2.45, 2.75) is 13.3 Å². The molecular weight excluding hydrogens is 298 g/mol. The number of para-hydroxylation sites is 1. The Labute approximate surface area is 132 Å². The molecule has 0 bridgehead atoms. The Kier molecular flexibility index (Phi) is 3.54. The van der Waals surface area contributed by atoms with Crippen LogP contribution in [-0.4, -0.2) is 20.9 Å². The van der Waals surface area contributed by atoms with Crippen LogP contribution >= 0.6 is 12.2 Å². The summed E-state index contributed by atoms with van der Waals surface area (Å²) in [5.74, 6) is -0.158. The summed E-state index contributed by atoms with van der Waals surface area (Å²) < 4.78 is 1.54. The number of fused-ring (bicyclic) bond motifs is 1. The van der Waals surface area contributed by atoms with E-state index in [0.29, 0.717) is 0 Å². The Balaban J connectivity index is 2.20. The number of aromatic hydroxyl groups is 1. The van der Waals surface area contributed by atoms with E-state index in [4.69, 9.17) is 12.2 Å². The van der Waals surface area contributed by atoms with Gasteiger partial charge in [0.25, 0.3) is 5.56 Å². The van der Waals surface area contributed by atoms with Gasteiger partial charge in [-0.05, 0) is 30.3 Å². The summed E-state index contributed by atoms with van der Waals surface area (Å²) in [4.78, 5) is 19.0. The molecule has 5 nitrogen and oxygen atoms in total. The fraction of sp³-hybridized carbons (Fsp3) is 0.188. The third kappa shape index (κ3) is 2.21. The molecule has 3 rings (SSSR count). The van der Waals surface area contributed by atoms with Crippen molar-refractivity contribution in [2.24, 2.45) is 12.0 Å². The van der Waals surface area contributed by atoms with Crippen LogP contribution in [-0.2, 0) is 13.5 Å². The van der Waals surface area contributed by atoms with Crippen LogP contribution in [0.15, 0.2) is 28.0 Å². The van der Waals surface area contributed by atoms with Crippen LogP contribution in [0.4, 0.5) is 5.69 Å². The van der Waals surface area contributed by atoms with E-state index >= 15 is 0 Å². The van der Waals surface area contributed by atoms with E-state index in [-0.39, 0.29) is 16.2 Å². The molecular formula is C16H15N3O2S. The second-order valence-corrected chi connectivity index (χ2v) is 5.47. The zero-order valence-electron chi connectivity index (χ0n) is 12.3. The van der Waals surface area contributed by atoms with Gasteiger partial charge in [-0.15, -0.1) is 0 Å². The predicted molar refractivity (Wildman–Crippen MR) is 90.4 cm³/mol. The maximum atomic E-state index is 12.1. The lowest BCUT2D eigenvalue weighted by molar-refractivity contribution is 0.419. The summed E-state index contributed by atoms with van der Waals surface area (Å²) in [6.07, 6.45) is 4.24. The van der Waals surface area contributed by atoms with E-state index in [1.54, 1.807) is 19.3 Å². The monoisotopic (exact) mass is 313 g/mol. The largest absolute Gasteiger partial charge is 0.494 e. The molecule has 22 heavy (non-hydrogen) atoms. The smallest absolute Gasteiger partial charge is 0.262 e. The summed E-state index contributed by atoms with van der Waals surface area (Å²) in [7, 11) is 1.60. The fourth-order valence-corrected chi connectivity index (χ4v) is 2.67. The lowest BCUT2D eigenvalue weighted by Crippen LogP contribution is -2.15. The van der Waals surface area contributed by atoms with E-state index in [0.717, 1.165) is 28.8 Å². The standard InChI is InChI=1S/C16H15N3O2S/c1-3-9-5-4-6-11-10(8-17-13(9)11)7-12-14(20)18-16(22)19(2)15(12)21/h4-8,21H,3H2,1-2H3,(H,18,20,22). The Morgan fingerprint density at radius 2 is 2.23 bits per heavy atom. The highest BCUT2D eigenvalue weighted by atomic mass is 32.1. The van der Waals surface area contributed by atoms with Gasteiger partial charge in [0.05, 0.1) is 5.69 Å². The first-order valence-corrected chi connectivity index (χ1v) is 7.34. The summed E-state index contributed by atoms with van der Waals surface area (Å²) in [6.45, 7) is 2.08. The molecule has 0 saturated carbocycles. The van der Waals surface area contributed by atoms with Crippen LogP contribution in [0.5, 0.6) is 5.88 Å². The van der Waals surface area contributed by atoms with Crippen molar-refractivity contribution >= 4 is 35.8 Å². The number of rotatable bonds is 2. The molecule has 0 spiro atoms. The maximum Gasteiger partial charge on any atom is 0.262 e. The molecule has 2 heterocycles. The number of hydrogen-bond acceptors (Lipinski definition) is 4. The minimum atomic E-state index is -0.415. The minimum absolute atomic E-state index is 0.158. The Morgan fingerprint density at radius 3 is 2.95 bits per heavy atom. The molecule has 0 fully saturated rings. The number of hydrogen-bond donors (Lipinski definition) is 2. The van der Waals surface area contributed by atoms with Gasteiger partial charge < -0.3 is 5.11 Å². The van der Waals surface area contributed by atoms with E-state index in [1.165, 1.54) is 4.57 Å². The van der Waals surface area contributed by atoms with Crippen LogP contribution in [0.3, 0.4) is 0 Å². The van der Waals surface area contributed by atoms with Crippen molar-refractivity contribution in [2.75, 3.05) is 0 Å². The first-order chi connectivity index (χ1) is 10.5. The van der Waals surface area contributed by atoms with Crippen molar-refractivity contribution < 1.29 is 5.11 Å². The van der Waals surface area contributed by atoms with Crippen LogP contribution in [0, 0.1) is 4.77 Å². The SMILES string of the molecule is CCc1cccc2c1N=CC2=Cc1c(O)n(C)c(=S)[nH]c1=O. The Morgan fingerprint density at radius 1 is 1.45 bits per heavy atom. The van der Waals surface area contributed by atoms with Gasteiger partial charge in [0.1, 0.15) is 5.56 Å². The van der Waals surface area contributed by atoms with Crippen LogP contribution in [0.2, 0.25) is 0 Å². The third-order valence-electron chi connectivity index (χ3n) is 3.77.